The van der Waals surface area contributed by atoms with Gasteiger partial charge in [0.15, 0.2) is 11.4 Å². The number of carbonyl (C=O) groups excluding carboxylic acids is 1. The molecule has 2 fully saturated rings. The number of amides is 1. The summed E-state index contributed by atoms with van der Waals surface area (Å²) in [6, 6.07) is 9.32. The van der Waals surface area contributed by atoms with E-state index in [1.54, 1.807) is 24.3 Å². The van der Waals surface area contributed by atoms with Crippen LogP contribution in [0.5, 0.6) is 5.75 Å². The standard InChI is InChI=1S/C23H26N4O5S/c1-29-18-3-2-4-19-21(18)25-23(33-19)27(20-15-31-11-12-32-20)22(28)16-5-6-24-17(13-16)14-26-7-9-30-10-8-26/h2-6,13,20H,7-12,14-15H2,1H3. The summed E-state index contributed by atoms with van der Waals surface area (Å²) >= 11 is 1.42. The summed E-state index contributed by atoms with van der Waals surface area (Å²) in [5.74, 6) is 0.467. The van der Waals surface area contributed by atoms with Gasteiger partial charge in [0.1, 0.15) is 11.3 Å². The fourth-order valence-corrected chi connectivity index (χ4v) is 4.99. The van der Waals surface area contributed by atoms with Crippen LogP contribution in [0.15, 0.2) is 36.5 Å². The van der Waals surface area contributed by atoms with Crippen LogP contribution in [0.1, 0.15) is 16.1 Å². The number of hydrogen-bond acceptors (Lipinski definition) is 9. The van der Waals surface area contributed by atoms with Crippen molar-refractivity contribution in [3.8, 4) is 5.75 Å². The first-order chi connectivity index (χ1) is 16.2. The summed E-state index contributed by atoms with van der Waals surface area (Å²) in [7, 11) is 1.61. The van der Waals surface area contributed by atoms with Gasteiger partial charge in [0.25, 0.3) is 5.91 Å². The van der Waals surface area contributed by atoms with Gasteiger partial charge in [-0.1, -0.05) is 17.4 Å². The molecule has 2 saturated heterocycles. The Labute approximate surface area is 195 Å². The van der Waals surface area contributed by atoms with Gasteiger partial charge in [0.2, 0.25) is 0 Å². The number of benzene rings is 1. The van der Waals surface area contributed by atoms with Crippen LogP contribution in [0, 0.1) is 0 Å². The van der Waals surface area contributed by atoms with E-state index >= 15 is 0 Å². The van der Waals surface area contributed by atoms with Crippen molar-refractivity contribution in [1.29, 1.82) is 0 Å². The van der Waals surface area contributed by atoms with Crippen LogP contribution in [0.3, 0.4) is 0 Å². The highest BCUT2D eigenvalue weighted by Gasteiger charge is 2.32. The fourth-order valence-electron chi connectivity index (χ4n) is 3.97. The second-order valence-electron chi connectivity index (χ2n) is 7.80. The highest BCUT2D eigenvalue weighted by Crippen LogP contribution is 2.36. The van der Waals surface area contributed by atoms with Crippen molar-refractivity contribution in [1.82, 2.24) is 14.9 Å². The topological polar surface area (TPSA) is 86.3 Å². The number of methoxy groups -OCH3 is 1. The van der Waals surface area contributed by atoms with Crippen molar-refractivity contribution in [3.05, 3.63) is 47.8 Å². The molecule has 2 aliphatic rings. The predicted molar refractivity (Wildman–Crippen MR) is 124 cm³/mol. The second kappa shape index (κ2) is 10.1. The number of morpholine rings is 1. The van der Waals surface area contributed by atoms with Gasteiger partial charge in [0.05, 0.1) is 50.5 Å². The van der Waals surface area contributed by atoms with Gasteiger partial charge in [-0.15, -0.1) is 0 Å². The zero-order chi connectivity index (χ0) is 22.6. The van der Waals surface area contributed by atoms with Crippen LogP contribution < -0.4 is 9.64 Å². The molecular weight excluding hydrogens is 444 g/mol. The molecule has 0 N–H and O–H groups in total. The third kappa shape index (κ3) is 4.85. The molecule has 2 aliphatic heterocycles. The largest absolute Gasteiger partial charge is 0.494 e. The molecule has 1 amide bonds. The maximum Gasteiger partial charge on any atom is 0.262 e. The molecule has 0 radical (unpaired) electrons. The summed E-state index contributed by atoms with van der Waals surface area (Å²) in [6.07, 6.45) is 1.12. The maximum absolute atomic E-state index is 13.8. The van der Waals surface area contributed by atoms with E-state index in [1.165, 1.54) is 11.3 Å². The zero-order valence-electron chi connectivity index (χ0n) is 18.4. The molecule has 3 aromatic rings. The molecule has 10 heteroatoms. The predicted octanol–water partition coefficient (Wildman–Crippen LogP) is 2.55. The third-order valence-electron chi connectivity index (χ3n) is 5.65. The van der Waals surface area contributed by atoms with Crippen LogP contribution in [0.2, 0.25) is 0 Å². The molecule has 1 atom stereocenters. The van der Waals surface area contributed by atoms with Gasteiger partial charge >= 0.3 is 0 Å². The minimum atomic E-state index is -0.561. The number of pyridine rings is 1. The summed E-state index contributed by atoms with van der Waals surface area (Å²) in [5.41, 5.74) is 2.10. The maximum atomic E-state index is 13.8. The molecule has 0 aliphatic carbocycles. The van der Waals surface area contributed by atoms with Gasteiger partial charge in [-0.05, 0) is 24.3 Å². The molecule has 33 heavy (non-hydrogen) atoms. The van der Waals surface area contributed by atoms with Crippen LogP contribution in [0.25, 0.3) is 10.2 Å². The van der Waals surface area contributed by atoms with E-state index in [-0.39, 0.29) is 12.5 Å². The number of rotatable bonds is 6. The van der Waals surface area contributed by atoms with Gasteiger partial charge in [-0.2, -0.15) is 0 Å². The molecule has 9 nitrogen and oxygen atoms in total. The number of fused-ring (bicyclic) bond motifs is 1. The first-order valence-corrected chi connectivity index (χ1v) is 11.8. The number of anilines is 1. The Bertz CT molecular complexity index is 1110. The SMILES string of the molecule is COc1cccc2sc(N(C(=O)c3ccnc(CN4CCOCC4)c3)C3COCCO3)nc12. The van der Waals surface area contributed by atoms with Crippen LogP contribution >= 0.6 is 11.3 Å². The lowest BCUT2D eigenvalue weighted by atomic mass is 10.2. The highest BCUT2D eigenvalue weighted by atomic mass is 32.1. The lowest BCUT2D eigenvalue weighted by Crippen LogP contribution is -2.47. The lowest BCUT2D eigenvalue weighted by molar-refractivity contribution is -0.0856. The summed E-state index contributed by atoms with van der Waals surface area (Å²) < 4.78 is 23.4. The quantitative estimate of drug-likeness (QED) is 0.543. The monoisotopic (exact) mass is 470 g/mol. The highest BCUT2D eigenvalue weighted by molar-refractivity contribution is 7.22. The summed E-state index contributed by atoms with van der Waals surface area (Å²) in [6.45, 7) is 5.02. The molecule has 5 rings (SSSR count). The average Bonchev–Trinajstić information content (AvgIpc) is 3.29. The smallest absolute Gasteiger partial charge is 0.262 e. The first-order valence-electron chi connectivity index (χ1n) is 10.9. The summed E-state index contributed by atoms with van der Waals surface area (Å²) in [4.78, 5) is 26.9. The Kier molecular flexibility index (Phi) is 6.79. The van der Waals surface area contributed by atoms with E-state index in [9.17, 15) is 4.79 Å². The Morgan fingerprint density at radius 1 is 1.21 bits per heavy atom. The average molecular weight is 471 g/mol. The van der Waals surface area contributed by atoms with Crippen molar-refractivity contribution in [2.75, 3.05) is 58.1 Å². The van der Waals surface area contributed by atoms with Gasteiger partial charge in [0, 0.05) is 31.4 Å². The third-order valence-corrected chi connectivity index (χ3v) is 6.67. The Balaban J connectivity index is 1.47. The van der Waals surface area contributed by atoms with Crippen LogP contribution in [-0.4, -0.2) is 80.2 Å². The lowest BCUT2D eigenvalue weighted by Gasteiger charge is -2.32. The number of ether oxygens (including phenoxy) is 4. The molecule has 2 aromatic heterocycles. The van der Waals surface area contributed by atoms with Crippen LogP contribution in [-0.2, 0) is 20.8 Å². The molecule has 0 bridgehead atoms. The number of thiazole rings is 1. The normalized spacial score (nSPS) is 19.5. The first kappa shape index (κ1) is 22.2. The number of aromatic nitrogens is 2. The minimum absolute atomic E-state index is 0.200. The van der Waals surface area contributed by atoms with E-state index in [0.717, 1.165) is 29.0 Å². The number of para-hydroxylation sites is 1. The van der Waals surface area contributed by atoms with Crippen molar-refractivity contribution in [2.24, 2.45) is 0 Å². The molecule has 0 spiro atoms. The molecule has 1 unspecified atom stereocenters. The van der Waals surface area contributed by atoms with Crippen molar-refractivity contribution >= 4 is 32.6 Å². The van der Waals surface area contributed by atoms with Crippen molar-refractivity contribution < 1.29 is 23.7 Å². The number of nitrogens with zero attached hydrogens (tertiary/aromatic N) is 4. The number of carbonyl (C=O) groups is 1. The molecule has 4 heterocycles. The van der Waals surface area contributed by atoms with E-state index in [1.807, 2.05) is 24.3 Å². The molecule has 174 valence electrons. The van der Waals surface area contributed by atoms with Gasteiger partial charge < -0.3 is 18.9 Å². The van der Waals surface area contributed by atoms with Crippen molar-refractivity contribution in [3.63, 3.8) is 0 Å². The van der Waals surface area contributed by atoms with Crippen molar-refractivity contribution in [2.45, 2.75) is 12.8 Å². The molecular formula is C23H26N4O5S. The minimum Gasteiger partial charge on any atom is -0.494 e. The Morgan fingerprint density at radius 3 is 2.88 bits per heavy atom. The Morgan fingerprint density at radius 2 is 2.09 bits per heavy atom. The number of hydrogen-bond donors (Lipinski definition) is 0. The van der Waals surface area contributed by atoms with E-state index < -0.39 is 6.23 Å². The molecule has 1 aromatic carbocycles. The Hall–Kier alpha value is -2.63. The van der Waals surface area contributed by atoms with Gasteiger partial charge in [-0.25, -0.2) is 4.98 Å². The summed E-state index contributed by atoms with van der Waals surface area (Å²) in [5, 5.41) is 0.543. The molecule has 0 saturated carbocycles. The van der Waals surface area contributed by atoms with E-state index in [2.05, 4.69) is 9.88 Å². The van der Waals surface area contributed by atoms with Gasteiger partial charge in [-0.3, -0.25) is 19.6 Å². The fraction of sp³-hybridized carbons (Fsp3) is 0.435. The second-order valence-corrected chi connectivity index (χ2v) is 8.81. The van der Waals surface area contributed by atoms with Crippen LogP contribution in [0.4, 0.5) is 5.13 Å². The van der Waals surface area contributed by atoms with E-state index in [0.29, 0.717) is 49.4 Å². The van der Waals surface area contributed by atoms with E-state index in [4.69, 9.17) is 23.9 Å². The zero-order valence-corrected chi connectivity index (χ0v) is 19.3.